The SMILES string of the molecule is c1ccc(-c2ncccc2-c2cnc(-c3nccs3)s2)nc1. The van der Waals surface area contributed by atoms with Gasteiger partial charge in [-0.25, -0.2) is 9.97 Å². The van der Waals surface area contributed by atoms with Crippen molar-refractivity contribution < 1.29 is 0 Å². The summed E-state index contributed by atoms with van der Waals surface area (Å²) < 4.78 is 0. The molecule has 4 aromatic rings. The molecule has 0 radical (unpaired) electrons. The van der Waals surface area contributed by atoms with Crippen LogP contribution in [0.4, 0.5) is 0 Å². The third-order valence-electron chi connectivity index (χ3n) is 3.10. The molecule has 4 aromatic heterocycles. The number of nitrogens with zero attached hydrogens (tertiary/aromatic N) is 4. The Morgan fingerprint density at radius 3 is 2.55 bits per heavy atom. The first-order chi connectivity index (χ1) is 10.9. The van der Waals surface area contributed by atoms with Crippen LogP contribution in [-0.2, 0) is 0 Å². The third-order valence-corrected chi connectivity index (χ3v) is 5.05. The summed E-state index contributed by atoms with van der Waals surface area (Å²) >= 11 is 3.22. The van der Waals surface area contributed by atoms with Crippen LogP contribution in [0.2, 0.25) is 0 Å². The molecular weight excluding hydrogens is 312 g/mol. The van der Waals surface area contributed by atoms with Gasteiger partial charge in [-0.15, -0.1) is 22.7 Å². The number of thiazole rings is 2. The van der Waals surface area contributed by atoms with Gasteiger partial charge in [0.25, 0.3) is 0 Å². The first-order valence-electron chi connectivity index (χ1n) is 6.64. The molecule has 4 rings (SSSR count). The molecule has 0 saturated carbocycles. The van der Waals surface area contributed by atoms with Crippen LogP contribution in [0, 0.1) is 0 Å². The largest absolute Gasteiger partial charge is 0.255 e. The average Bonchev–Trinajstić information content (AvgIpc) is 3.27. The fourth-order valence-electron chi connectivity index (χ4n) is 2.14. The van der Waals surface area contributed by atoms with E-state index in [9.17, 15) is 0 Å². The quantitative estimate of drug-likeness (QED) is 0.561. The second kappa shape index (κ2) is 5.75. The van der Waals surface area contributed by atoms with Crippen molar-refractivity contribution in [3.63, 3.8) is 0 Å². The zero-order valence-corrected chi connectivity index (χ0v) is 13.0. The highest BCUT2D eigenvalue weighted by Gasteiger charge is 2.13. The van der Waals surface area contributed by atoms with Gasteiger partial charge in [-0.2, -0.15) is 0 Å². The van der Waals surface area contributed by atoms with E-state index in [0.29, 0.717) is 0 Å². The maximum Gasteiger partial charge on any atom is 0.152 e. The monoisotopic (exact) mass is 322 g/mol. The van der Waals surface area contributed by atoms with Crippen LogP contribution >= 0.6 is 22.7 Å². The standard InChI is InChI=1S/C16H10N4S2/c1-2-6-17-12(5-1)14-11(4-3-7-18-14)13-10-20-16(22-13)15-19-8-9-21-15/h1-10H. The lowest BCUT2D eigenvalue weighted by Gasteiger charge is -2.05. The highest BCUT2D eigenvalue weighted by atomic mass is 32.1. The summed E-state index contributed by atoms with van der Waals surface area (Å²) in [7, 11) is 0. The summed E-state index contributed by atoms with van der Waals surface area (Å²) in [5.74, 6) is 0. The number of hydrogen-bond donors (Lipinski definition) is 0. The van der Waals surface area contributed by atoms with Crippen LogP contribution < -0.4 is 0 Å². The van der Waals surface area contributed by atoms with Crippen LogP contribution in [0.15, 0.2) is 60.5 Å². The lowest BCUT2D eigenvalue weighted by atomic mass is 10.1. The maximum atomic E-state index is 4.50. The van der Waals surface area contributed by atoms with Crippen molar-refractivity contribution in [2.45, 2.75) is 0 Å². The molecule has 22 heavy (non-hydrogen) atoms. The van der Waals surface area contributed by atoms with Crippen LogP contribution in [0.3, 0.4) is 0 Å². The number of rotatable bonds is 3. The molecule has 0 spiro atoms. The predicted molar refractivity (Wildman–Crippen MR) is 89.7 cm³/mol. The molecule has 4 nitrogen and oxygen atoms in total. The van der Waals surface area contributed by atoms with E-state index in [0.717, 1.165) is 31.8 Å². The highest BCUT2D eigenvalue weighted by Crippen LogP contribution is 2.36. The van der Waals surface area contributed by atoms with Gasteiger partial charge in [-0.05, 0) is 24.3 Å². The van der Waals surface area contributed by atoms with E-state index in [1.54, 1.807) is 41.3 Å². The van der Waals surface area contributed by atoms with E-state index in [1.807, 2.05) is 35.8 Å². The minimum Gasteiger partial charge on any atom is -0.255 e. The fourth-order valence-corrected chi connectivity index (χ4v) is 3.77. The molecule has 0 fully saturated rings. The van der Waals surface area contributed by atoms with Gasteiger partial charge in [0.1, 0.15) is 0 Å². The van der Waals surface area contributed by atoms with Gasteiger partial charge < -0.3 is 0 Å². The van der Waals surface area contributed by atoms with Gasteiger partial charge in [0.15, 0.2) is 10.0 Å². The molecule has 0 bridgehead atoms. The Kier molecular flexibility index (Phi) is 3.46. The maximum absolute atomic E-state index is 4.50. The van der Waals surface area contributed by atoms with Crippen LogP contribution in [0.1, 0.15) is 0 Å². The minimum absolute atomic E-state index is 0.863. The summed E-state index contributed by atoms with van der Waals surface area (Å²) in [6.07, 6.45) is 7.24. The molecule has 0 aliphatic heterocycles. The van der Waals surface area contributed by atoms with E-state index in [1.165, 1.54) is 0 Å². The van der Waals surface area contributed by atoms with Gasteiger partial charge in [-0.3, -0.25) is 9.97 Å². The lowest BCUT2D eigenvalue weighted by molar-refractivity contribution is 1.25. The molecule has 0 aromatic carbocycles. The van der Waals surface area contributed by atoms with Crippen molar-refractivity contribution in [3.05, 3.63) is 60.5 Å². The summed E-state index contributed by atoms with van der Waals surface area (Å²) in [4.78, 5) is 18.8. The molecule has 0 saturated heterocycles. The minimum atomic E-state index is 0.863. The molecule has 0 unspecified atom stereocenters. The van der Waals surface area contributed by atoms with Gasteiger partial charge >= 0.3 is 0 Å². The van der Waals surface area contributed by atoms with Crippen LogP contribution in [-0.4, -0.2) is 19.9 Å². The number of hydrogen-bond acceptors (Lipinski definition) is 6. The average molecular weight is 322 g/mol. The molecule has 6 heteroatoms. The van der Waals surface area contributed by atoms with Crippen molar-refractivity contribution >= 4 is 22.7 Å². The Labute approximate surface area is 135 Å². The molecule has 0 atom stereocenters. The molecule has 0 aliphatic rings. The van der Waals surface area contributed by atoms with Crippen molar-refractivity contribution in [1.82, 2.24) is 19.9 Å². The summed E-state index contributed by atoms with van der Waals surface area (Å²) in [5.41, 5.74) is 2.78. The number of pyridine rings is 2. The van der Waals surface area contributed by atoms with Crippen LogP contribution in [0.5, 0.6) is 0 Å². The summed E-state index contributed by atoms with van der Waals surface area (Å²) in [6, 6.07) is 9.82. The molecule has 4 heterocycles. The Hall–Kier alpha value is -2.44. The summed E-state index contributed by atoms with van der Waals surface area (Å²) in [5, 5.41) is 3.83. The second-order valence-electron chi connectivity index (χ2n) is 4.48. The lowest BCUT2D eigenvalue weighted by Crippen LogP contribution is -1.89. The van der Waals surface area contributed by atoms with Crippen molar-refractivity contribution in [1.29, 1.82) is 0 Å². The van der Waals surface area contributed by atoms with Crippen molar-refractivity contribution in [2.24, 2.45) is 0 Å². The summed E-state index contributed by atoms with van der Waals surface area (Å²) in [6.45, 7) is 0. The van der Waals surface area contributed by atoms with E-state index in [-0.39, 0.29) is 0 Å². The Morgan fingerprint density at radius 2 is 1.73 bits per heavy atom. The second-order valence-corrected chi connectivity index (χ2v) is 6.41. The van der Waals surface area contributed by atoms with E-state index >= 15 is 0 Å². The smallest absolute Gasteiger partial charge is 0.152 e. The van der Waals surface area contributed by atoms with Gasteiger partial charge in [0.05, 0.1) is 16.3 Å². The Morgan fingerprint density at radius 1 is 0.773 bits per heavy atom. The highest BCUT2D eigenvalue weighted by molar-refractivity contribution is 7.22. The molecule has 106 valence electrons. The normalized spacial score (nSPS) is 10.7. The Bertz CT molecular complexity index is 885. The van der Waals surface area contributed by atoms with Gasteiger partial charge in [0, 0.05) is 35.7 Å². The number of aromatic nitrogens is 4. The molecule has 0 N–H and O–H groups in total. The molecule has 0 amide bonds. The van der Waals surface area contributed by atoms with Gasteiger partial charge in [-0.1, -0.05) is 6.07 Å². The Balaban J connectivity index is 1.81. The van der Waals surface area contributed by atoms with E-state index < -0.39 is 0 Å². The zero-order valence-electron chi connectivity index (χ0n) is 11.4. The first-order valence-corrected chi connectivity index (χ1v) is 8.34. The topological polar surface area (TPSA) is 51.6 Å². The van der Waals surface area contributed by atoms with Gasteiger partial charge in [0.2, 0.25) is 0 Å². The van der Waals surface area contributed by atoms with E-state index in [2.05, 4.69) is 26.0 Å². The van der Waals surface area contributed by atoms with E-state index in [4.69, 9.17) is 0 Å². The molecular formula is C16H10N4S2. The predicted octanol–water partition coefficient (Wildman–Crippen LogP) is 4.39. The zero-order chi connectivity index (χ0) is 14.8. The fraction of sp³-hybridized carbons (Fsp3) is 0. The van der Waals surface area contributed by atoms with Crippen LogP contribution in [0.25, 0.3) is 31.8 Å². The van der Waals surface area contributed by atoms with Crippen molar-refractivity contribution in [3.8, 4) is 31.8 Å². The first kappa shape index (κ1) is 13.2. The third kappa shape index (κ3) is 2.43. The van der Waals surface area contributed by atoms with Crippen molar-refractivity contribution in [2.75, 3.05) is 0 Å². The molecule has 0 aliphatic carbocycles.